The molecule has 4 heteroatoms. The number of amides is 1. The molecule has 2 heterocycles. The summed E-state index contributed by atoms with van der Waals surface area (Å²) < 4.78 is 5.60. The van der Waals surface area contributed by atoms with Gasteiger partial charge in [-0.15, -0.1) is 0 Å². The standard InChI is InChI=1S/C16H18N2O2/c19-16(13-4-5-13)18-9-7-17(8-10-18)14-3-1-2-12-6-11-20-15(12)14/h1-3,6,11,13H,4-5,7-10H2. The number of benzene rings is 1. The van der Waals surface area contributed by atoms with Crippen LogP contribution in [0.5, 0.6) is 0 Å². The molecule has 1 aromatic carbocycles. The second-order valence-corrected chi connectivity index (χ2v) is 5.70. The number of rotatable bonds is 2. The lowest BCUT2D eigenvalue weighted by Gasteiger charge is -2.36. The summed E-state index contributed by atoms with van der Waals surface area (Å²) in [5.74, 6) is 0.691. The molecule has 1 saturated carbocycles. The molecular weight excluding hydrogens is 252 g/mol. The van der Waals surface area contributed by atoms with Crippen LogP contribution in [0.4, 0.5) is 5.69 Å². The number of furan rings is 1. The topological polar surface area (TPSA) is 36.7 Å². The minimum absolute atomic E-state index is 0.329. The summed E-state index contributed by atoms with van der Waals surface area (Å²) in [6.07, 6.45) is 3.91. The van der Waals surface area contributed by atoms with Gasteiger partial charge in [-0.1, -0.05) is 12.1 Å². The van der Waals surface area contributed by atoms with E-state index in [4.69, 9.17) is 4.42 Å². The van der Waals surface area contributed by atoms with Gasteiger partial charge in [-0.25, -0.2) is 0 Å². The summed E-state index contributed by atoms with van der Waals surface area (Å²) in [6, 6.07) is 8.22. The number of nitrogens with zero attached hydrogens (tertiary/aromatic N) is 2. The third-order valence-electron chi connectivity index (χ3n) is 4.32. The Morgan fingerprint density at radius 2 is 1.90 bits per heavy atom. The van der Waals surface area contributed by atoms with Gasteiger partial charge < -0.3 is 14.2 Å². The van der Waals surface area contributed by atoms with Gasteiger partial charge in [-0.2, -0.15) is 0 Å². The first-order valence-electron chi connectivity index (χ1n) is 7.33. The molecule has 2 aliphatic rings. The molecular formula is C16H18N2O2. The molecule has 1 aliphatic heterocycles. The van der Waals surface area contributed by atoms with Crippen LogP contribution in [-0.4, -0.2) is 37.0 Å². The molecule has 0 radical (unpaired) electrons. The molecule has 0 bridgehead atoms. The molecule has 0 N–H and O–H groups in total. The maximum atomic E-state index is 12.1. The van der Waals surface area contributed by atoms with Crippen LogP contribution < -0.4 is 4.90 Å². The molecule has 0 spiro atoms. The van der Waals surface area contributed by atoms with E-state index in [1.807, 2.05) is 11.0 Å². The first kappa shape index (κ1) is 11.8. The number of carbonyl (C=O) groups is 1. The second-order valence-electron chi connectivity index (χ2n) is 5.70. The molecule has 0 unspecified atom stereocenters. The molecule has 1 aromatic heterocycles. The van der Waals surface area contributed by atoms with Crippen molar-refractivity contribution in [3.8, 4) is 0 Å². The lowest BCUT2D eigenvalue weighted by Crippen LogP contribution is -2.49. The van der Waals surface area contributed by atoms with Gasteiger partial charge in [0.2, 0.25) is 5.91 Å². The number of anilines is 1. The van der Waals surface area contributed by atoms with E-state index in [0.717, 1.165) is 55.7 Å². The molecule has 4 rings (SSSR count). The SMILES string of the molecule is O=C(C1CC1)N1CCN(c2cccc3ccoc23)CC1. The van der Waals surface area contributed by atoms with Gasteiger partial charge in [-0.3, -0.25) is 4.79 Å². The Morgan fingerprint density at radius 3 is 2.65 bits per heavy atom. The number of hydrogen-bond donors (Lipinski definition) is 0. The number of piperazine rings is 1. The van der Waals surface area contributed by atoms with Crippen molar-refractivity contribution in [2.75, 3.05) is 31.1 Å². The van der Waals surface area contributed by atoms with Crippen molar-refractivity contribution >= 4 is 22.6 Å². The Morgan fingerprint density at radius 1 is 1.10 bits per heavy atom. The molecule has 20 heavy (non-hydrogen) atoms. The van der Waals surface area contributed by atoms with Crippen LogP contribution in [0, 0.1) is 5.92 Å². The predicted octanol–water partition coefficient (Wildman–Crippen LogP) is 2.49. The Kier molecular flexibility index (Phi) is 2.69. The molecule has 2 aromatic rings. The van der Waals surface area contributed by atoms with E-state index >= 15 is 0 Å². The van der Waals surface area contributed by atoms with Crippen LogP contribution in [-0.2, 0) is 4.79 Å². The first-order valence-corrected chi connectivity index (χ1v) is 7.33. The lowest BCUT2D eigenvalue weighted by atomic mass is 10.2. The quantitative estimate of drug-likeness (QED) is 0.841. The zero-order chi connectivity index (χ0) is 13.5. The summed E-state index contributed by atoms with van der Waals surface area (Å²) in [4.78, 5) is 16.4. The van der Waals surface area contributed by atoms with Crippen molar-refractivity contribution in [2.45, 2.75) is 12.8 Å². The highest BCUT2D eigenvalue weighted by molar-refractivity contribution is 5.89. The largest absolute Gasteiger partial charge is 0.462 e. The van der Waals surface area contributed by atoms with Crippen molar-refractivity contribution in [3.63, 3.8) is 0 Å². The third kappa shape index (κ3) is 1.96. The Labute approximate surface area is 117 Å². The average molecular weight is 270 g/mol. The van der Waals surface area contributed by atoms with Crippen LogP contribution in [0.3, 0.4) is 0 Å². The molecule has 2 fully saturated rings. The van der Waals surface area contributed by atoms with Gasteiger partial charge in [0.25, 0.3) is 0 Å². The van der Waals surface area contributed by atoms with E-state index in [0.29, 0.717) is 11.8 Å². The first-order chi connectivity index (χ1) is 9.83. The highest BCUT2D eigenvalue weighted by atomic mass is 16.3. The molecule has 1 aliphatic carbocycles. The Hall–Kier alpha value is -1.97. The highest BCUT2D eigenvalue weighted by Crippen LogP contribution is 2.32. The molecule has 4 nitrogen and oxygen atoms in total. The van der Waals surface area contributed by atoms with E-state index in [9.17, 15) is 4.79 Å². The fraction of sp³-hybridized carbons (Fsp3) is 0.438. The molecule has 0 atom stereocenters. The second kappa shape index (κ2) is 4.54. The van der Waals surface area contributed by atoms with Gasteiger partial charge in [0, 0.05) is 37.5 Å². The van der Waals surface area contributed by atoms with Gasteiger partial charge in [0.1, 0.15) is 0 Å². The van der Waals surface area contributed by atoms with E-state index in [1.54, 1.807) is 6.26 Å². The summed E-state index contributed by atoms with van der Waals surface area (Å²) >= 11 is 0. The van der Waals surface area contributed by atoms with Gasteiger partial charge in [0.15, 0.2) is 5.58 Å². The van der Waals surface area contributed by atoms with Crippen molar-refractivity contribution in [3.05, 3.63) is 30.5 Å². The van der Waals surface area contributed by atoms with Gasteiger partial charge in [0.05, 0.1) is 12.0 Å². The number of fused-ring (bicyclic) bond motifs is 1. The fourth-order valence-corrected chi connectivity index (χ4v) is 2.98. The minimum Gasteiger partial charge on any atom is -0.462 e. The van der Waals surface area contributed by atoms with Crippen molar-refractivity contribution in [2.24, 2.45) is 5.92 Å². The molecule has 1 amide bonds. The van der Waals surface area contributed by atoms with E-state index < -0.39 is 0 Å². The van der Waals surface area contributed by atoms with Crippen molar-refractivity contribution in [1.29, 1.82) is 0 Å². The molecule has 1 saturated heterocycles. The number of hydrogen-bond acceptors (Lipinski definition) is 3. The smallest absolute Gasteiger partial charge is 0.225 e. The van der Waals surface area contributed by atoms with Crippen molar-refractivity contribution in [1.82, 2.24) is 4.90 Å². The van der Waals surface area contributed by atoms with Crippen LogP contribution in [0.1, 0.15) is 12.8 Å². The lowest BCUT2D eigenvalue weighted by molar-refractivity contribution is -0.132. The monoisotopic (exact) mass is 270 g/mol. The van der Waals surface area contributed by atoms with Crippen LogP contribution in [0.15, 0.2) is 34.9 Å². The maximum Gasteiger partial charge on any atom is 0.225 e. The number of para-hydroxylation sites is 1. The van der Waals surface area contributed by atoms with E-state index in [2.05, 4.69) is 23.1 Å². The van der Waals surface area contributed by atoms with Crippen LogP contribution >= 0.6 is 0 Å². The Bertz CT molecular complexity index is 637. The van der Waals surface area contributed by atoms with Crippen LogP contribution in [0.25, 0.3) is 11.0 Å². The summed E-state index contributed by atoms with van der Waals surface area (Å²) in [6.45, 7) is 3.43. The van der Waals surface area contributed by atoms with Crippen molar-refractivity contribution < 1.29 is 9.21 Å². The fourth-order valence-electron chi connectivity index (χ4n) is 2.98. The number of carbonyl (C=O) groups excluding carboxylic acids is 1. The predicted molar refractivity (Wildman–Crippen MR) is 77.7 cm³/mol. The normalized spacial score (nSPS) is 19.6. The van der Waals surface area contributed by atoms with Gasteiger partial charge in [-0.05, 0) is 25.0 Å². The minimum atomic E-state index is 0.329. The van der Waals surface area contributed by atoms with Gasteiger partial charge >= 0.3 is 0 Å². The summed E-state index contributed by atoms with van der Waals surface area (Å²) in [5.41, 5.74) is 2.10. The maximum absolute atomic E-state index is 12.1. The average Bonchev–Trinajstić information content (AvgIpc) is 3.23. The highest BCUT2D eigenvalue weighted by Gasteiger charge is 2.34. The molecule has 104 valence electrons. The zero-order valence-electron chi connectivity index (χ0n) is 11.4. The summed E-state index contributed by atoms with van der Waals surface area (Å²) in [7, 11) is 0. The zero-order valence-corrected chi connectivity index (χ0v) is 11.4. The van der Waals surface area contributed by atoms with E-state index in [1.165, 1.54) is 0 Å². The van der Waals surface area contributed by atoms with E-state index in [-0.39, 0.29) is 0 Å². The Balaban J connectivity index is 1.51. The van der Waals surface area contributed by atoms with Crippen LogP contribution in [0.2, 0.25) is 0 Å². The third-order valence-corrected chi connectivity index (χ3v) is 4.32. The summed E-state index contributed by atoms with van der Waals surface area (Å²) in [5, 5.41) is 1.14.